The van der Waals surface area contributed by atoms with Gasteiger partial charge in [0.1, 0.15) is 31.4 Å². The maximum Gasteiger partial charge on any atom is 0.355 e. The van der Waals surface area contributed by atoms with E-state index in [1.54, 1.807) is 48.5 Å². The van der Waals surface area contributed by atoms with Crippen LogP contribution in [0.1, 0.15) is 44.5 Å². The fourth-order valence-electron chi connectivity index (χ4n) is 3.60. The van der Waals surface area contributed by atoms with Gasteiger partial charge in [-0.15, -0.1) is 4.98 Å². The number of methoxy groups -OCH3 is 1. The van der Waals surface area contributed by atoms with Crippen LogP contribution in [0.2, 0.25) is 0 Å². The molecule has 1 aliphatic heterocycles. The highest BCUT2D eigenvalue weighted by molar-refractivity contribution is 5.90. The number of hydrogen-bond acceptors (Lipinski definition) is 9. The number of aryl methyl sites for hydroxylation is 2. The summed E-state index contributed by atoms with van der Waals surface area (Å²) in [4.78, 5) is 45.3. The molecule has 4 rings (SSSR count). The number of ether oxygens (including phenoxy) is 4. The molecule has 0 amide bonds. The minimum Gasteiger partial charge on any atom is -0.467 e. The van der Waals surface area contributed by atoms with Crippen LogP contribution < -0.4 is 10.4 Å². The van der Waals surface area contributed by atoms with Crippen LogP contribution in [-0.4, -0.2) is 52.4 Å². The Labute approximate surface area is 201 Å². The molecule has 2 aromatic carbocycles. The van der Waals surface area contributed by atoms with Gasteiger partial charge in [0.25, 0.3) is 0 Å². The van der Waals surface area contributed by atoms with E-state index in [9.17, 15) is 14.4 Å². The van der Waals surface area contributed by atoms with Crippen LogP contribution in [0.25, 0.3) is 0 Å². The van der Waals surface area contributed by atoms with E-state index < -0.39 is 36.1 Å². The topological polar surface area (TPSA) is 119 Å². The van der Waals surface area contributed by atoms with Crippen LogP contribution in [-0.2, 0) is 14.2 Å². The van der Waals surface area contributed by atoms with Crippen molar-refractivity contribution < 1.29 is 28.5 Å². The molecule has 0 bridgehead atoms. The van der Waals surface area contributed by atoms with Gasteiger partial charge in [0.05, 0.1) is 18.2 Å². The lowest BCUT2D eigenvalue weighted by molar-refractivity contribution is -0.0585. The van der Waals surface area contributed by atoms with Crippen LogP contribution in [0, 0.1) is 13.8 Å². The van der Waals surface area contributed by atoms with E-state index in [4.69, 9.17) is 18.9 Å². The van der Waals surface area contributed by atoms with Crippen LogP contribution in [0.15, 0.2) is 59.7 Å². The zero-order valence-corrected chi connectivity index (χ0v) is 19.5. The average molecular weight is 479 g/mol. The van der Waals surface area contributed by atoms with Crippen molar-refractivity contribution in [1.29, 1.82) is 0 Å². The van der Waals surface area contributed by atoms with Gasteiger partial charge >= 0.3 is 23.6 Å². The van der Waals surface area contributed by atoms with E-state index in [-0.39, 0.29) is 19.0 Å². The zero-order chi connectivity index (χ0) is 24.9. The van der Waals surface area contributed by atoms with Gasteiger partial charge in [-0.2, -0.15) is 4.98 Å². The fourth-order valence-corrected chi connectivity index (χ4v) is 3.60. The third-order valence-electron chi connectivity index (χ3n) is 5.59. The van der Waals surface area contributed by atoms with Gasteiger partial charge in [0.2, 0.25) is 0 Å². The van der Waals surface area contributed by atoms with Gasteiger partial charge in [-0.1, -0.05) is 35.4 Å². The van der Waals surface area contributed by atoms with Crippen LogP contribution in [0.4, 0.5) is 0 Å². The SMILES string of the molecule is COc1ncn([C@H]2C[C@@H](OC(=O)c3ccc(C)cc3)[C@@H](COC(=O)c3ccc(C)cc3)O2)c(=O)n1. The quantitative estimate of drug-likeness (QED) is 0.471. The molecule has 0 saturated carbocycles. The first-order valence-electron chi connectivity index (χ1n) is 11.0. The maximum absolute atomic E-state index is 12.7. The number of rotatable bonds is 7. The highest BCUT2D eigenvalue weighted by Gasteiger charge is 2.40. The van der Waals surface area contributed by atoms with E-state index >= 15 is 0 Å². The van der Waals surface area contributed by atoms with E-state index in [0.717, 1.165) is 11.1 Å². The smallest absolute Gasteiger partial charge is 0.355 e. The minimum absolute atomic E-state index is 0.0739. The first-order valence-corrected chi connectivity index (χ1v) is 11.0. The minimum atomic E-state index is -0.827. The molecule has 182 valence electrons. The Kier molecular flexibility index (Phi) is 7.21. The Morgan fingerprint density at radius 2 is 1.60 bits per heavy atom. The zero-order valence-electron chi connectivity index (χ0n) is 19.5. The Morgan fingerprint density at radius 1 is 1.00 bits per heavy atom. The normalized spacial score (nSPS) is 19.2. The Morgan fingerprint density at radius 3 is 2.17 bits per heavy atom. The number of benzene rings is 2. The van der Waals surface area contributed by atoms with Crippen molar-refractivity contribution >= 4 is 11.9 Å². The second-order valence-electron chi connectivity index (χ2n) is 8.17. The largest absolute Gasteiger partial charge is 0.467 e. The molecule has 0 radical (unpaired) electrons. The molecule has 1 saturated heterocycles. The molecule has 35 heavy (non-hydrogen) atoms. The van der Waals surface area contributed by atoms with Gasteiger partial charge < -0.3 is 18.9 Å². The summed E-state index contributed by atoms with van der Waals surface area (Å²) >= 11 is 0. The van der Waals surface area contributed by atoms with Crippen LogP contribution >= 0.6 is 0 Å². The Hall–Kier alpha value is -4.05. The number of carbonyl (C=O) groups is 2. The molecular formula is C25H25N3O7. The highest BCUT2D eigenvalue weighted by Crippen LogP contribution is 2.31. The summed E-state index contributed by atoms with van der Waals surface area (Å²) in [6, 6.07) is 13.8. The lowest BCUT2D eigenvalue weighted by atomic mass is 10.1. The molecule has 0 spiro atoms. The van der Waals surface area contributed by atoms with Gasteiger partial charge in [0, 0.05) is 6.42 Å². The molecular weight excluding hydrogens is 454 g/mol. The maximum atomic E-state index is 12.7. The van der Waals surface area contributed by atoms with Crippen molar-refractivity contribution in [3.8, 4) is 6.01 Å². The molecule has 1 aromatic heterocycles. The summed E-state index contributed by atoms with van der Waals surface area (Å²) in [5.41, 5.74) is 2.14. The van der Waals surface area contributed by atoms with Crippen LogP contribution in [0.3, 0.4) is 0 Å². The summed E-state index contributed by atoms with van der Waals surface area (Å²) in [7, 11) is 1.35. The lowest BCUT2D eigenvalue weighted by Gasteiger charge is -2.19. The van der Waals surface area contributed by atoms with Gasteiger partial charge in [-0.05, 0) is 38.1 Å². The Bertz CT molecular complexity index is 1260. The number of esters is 2. The summed E-state index contributed by atoms with van der Waals surface area (Å²) < 4.78 is 23.2. The number of nitrogens with zero attached hydrogens (tertiary/aromatic N) is 3. The predicted octanol–water partition coefficient (Wildman–Crippen LogP) is 2.63. The lowest BCUT2D eigenvalue weighted by Crippen LogP contribution is -2.32. The van der Waals surface area contributed by atoms with Crippen molar-refractivity contribution in [2.24, 2.45) is 0 Å². The summed E-state index contributed by atoms with van der Waals surface area (Å²) in [6.07, 6.45) is -1.03. The summed E-state index contributed by atoms with van der Waals surface area (Å²) in [5.74, 6) is -1.09. The standard InChI is InChI=1S/C25H25N3O7/c1-15-4-8-17(9-5-15)22(29)33-13-20-19(35-23(30)18-10-6-16(2)7-11-18)12-21(34-20)28-14-26-24(32-3)27-25(28)31/h4-11,14,19-21H,12-13H2,1-3H3/t19-,20-,21-/m1/s1. The van der Waals surface area contributed by atoms with Gasteiger partial charge in [-0.3, -0.25) is 4.57 Å². The van der Waals surface area contributed by atoms with Crippen molar-refractivity contribution in [1.82, 2.24) is 14.5 Å². The fraction of sp³-hybridized carbons (Fsp3) is 0.320. The second kappa shape index (κ2) is 10.5. The van der Waals surface area contributed by atoms with Crippen molar-refractivity contribution in [2.75, 3.05) is 13.7 Å². The van der Waals surface area contributed by atoms with E-state index in [1.807, 2.05) is 13.8 Å². The Balaban J connectivity index is 1.51. The molecule has 2 heterocycles. The molecule has 1 fully saturated rings. The summed E-state index contributed by atoms with van der Waals surface area (Å²) in [5, 5.41) is 0. The van der Waals surface area contributed by atoms with Crippen molar-refractivity contribution in [2.45, 2.75) is 38.7 Å². The third kappa shape index (κ3) is 5.72. The molecule has 0 unspecified atom stereocenters. The molecule has 3 aromatic rings. The van der Waals surface area contributed by atoms with Crippen molar-refractivity contribution in [3.63, 3.8) is 0 Å². The number of carbonyl (C=O) groups excluding carboxylic acids is 2. The molecule has 3 atom stereocenters. The first kappa shape index (κ1) is 24.1. The van der Waals surface area contributed by atoms with Crippen molar-refractivity contribution in [3.05, 3.63) is 87.6 Å². The first-order chi connectivity index (χ1) is 16.8. The third-order valence-corrected chi connectivity index (χ3v) is 5.59. The molecule has 1 aliphatic rings. The number of hydrogen-bond donors (Lipinski definition) is 0. The monoisotopic (exact) mass is 479 g/mol. The van der Waals surface area contributed by atoms with Gasteiger partial charge in [0.15, 0.2) is 0 Å². The molecule has 10 nitrogen and oxygen atoms in total. The molecule has 0 aliphatic carbocycles. The van der Waals surface area contributed by atoms with Gasteiger partial charge in [-0.25, -0.2) is 14.4 Å². The second-order valence-corrected chi connectivity index (χ2v) is 8.17. The summed E-state index contributed by atoms with van der Waals surface area (Å²) in [6.45, 7) is 3.65. The highest BCUT2D eigenvalue weighted by atomic mass is 16.6. The van der Waals surface area contributed by atoms with E-state index in [2.05, 4.69) is 9.97 Å². The van der Waals surface area contributed by atoms with E-state index in [1.165, 1.54) is 18.0 Å². The van der Waals surface area contributed by atoms with Crippen LogP contribution in [0.5, 0.6) is 6.01 Å². The number of aromatic nitrogens is 3. The average Bonchev–Trinajstić information content (AvgIpc) is 3.25. The van der Waals surface area contributed by atoms with E-state index in [0.29, 0.717) is 11.1 Å². The predicted molar refractivity (Wildman–Crippen MR) is 123 cm³/mol. The molecule has 0 N–H and O–H groups in total. The molecule has 10 heteroatoms.